The zero-order valence-corrected chi connectivity index (χ0v) is 21.7. The summed E-state index contributed by atoms with van der Waals surface area (Å²) in [6.45, 7) is 7.27. The van der Waals surface area contributed by atoms with E-state index >= 15 is 0 Å². The van der Waals surface area contributed by atoms with Crippen LogP contribution in [0.1, 0.15) is 81.7 Å². The van der Waals surface area contributed by atoms with Gasteiger partial charge in [0.05, 0.1) is 29.0 Å². The van der Waals surface area contributed by atoms with Crippen LogP contribution in [0.5, 0.6) is 0 Å². The standard InChI is InChI=1S/C30H34N6O/c1-20-13-15-31-21(2)27(20)30(37)35-18-23-9-11-24(12-10-23)19-36(22(3)29-33-16-17-34-29)26-8-4-6-25-7-5-14-32-28(25)26/h5,7,9-17,22,26H,4,6,8,18-19H2,1-3H3,(H,33,34)(H,35,37). The zero-order chi connectivity index (χ0) is 25.8. The molecular formula is C30H34N6O. The van der Waals surface area contributed by atoms with Gasteiger partial charge in [0.2, 0.25) is 0 Å². The molecule has 0 saturated carbocycles. The number of pyridine rings is 2. The highest BCUT2D eigenvalue weighted by atomic mass is 16.1. The molecule has 190 valence electrons. The summed E-state index contributed by atoms with van der Waals surface area (Å²) in [5, 5.41) is 3.05. The topological polar surface area (TPSA) is 86.8 Å². The van der Waals surface area contributed by atoms with Gasteiger partial charge in [0.15, 0.2) is 0 Å². The van der Waals surface area contributed by atoms with Crippen molar-refractivity contribution in [2.24, 2.45) is 0 Å². The number of hydrogen-bond donors (Lipinski definition) is 2. The van der Waals surface area contributed by atoms with Crippen LogP contribution in [0, 0.1) is 13.8 Å². The minimum Gasteiger partial charge on any atom is -0.348 e. The number of carbonyl (C=O) groups excluding carboxylic acids is 1. The molecule has 0 radical (unpaired) electrons. The first kappa shape index (κ1) is 24.8. The van der Waals surface area contributed by atoms with Crippen molar-refractivity contribution >= 4 is 5.91 Å². The molecule has 37 heavy (non-hydrogen) atoms. The summed E-state index contributed by atoms with van der Waals surface area (Å²) in [5.41, 5.74) is 7.15. The second-order valence-electron chi connectivity index (χ2n) is 9.87. The predicted octanol–water partition coefficient (Wildman–Crippen LogP) is 5.39. The molecule has 2 atom stereocenters. The number of nitrogens with one attached hydrogen (secondary N) is 2. The smallest absolute Gasteiger partial charge is 0.253 e. The molecule has 7 heteroatoms. The van der Waals surface area contributed by atoms with E-state index in [0.717, 1.165) is 48.5 Å². The second-order valence-corrected chi connectivity index (χ2v) is 9.87. The molecule has 3 aromatic heterocycles. The first-order valence-corrected chi connectivity index (χ1v) is 13.0. The fraction of sp³-hybridized carbons (Fsp3) is 0.333. The van der Waals surface area contributed by atoms with Crippen molar-refractivity contribution in [3.8, 4) is 0 Å². The lowest BCUT2D eigenvalue weighted by Crippen LogP contribution is -2.34. The third-order valence-corrected chi connectivity index (χ3v) is 7.40. The summed E-state index contributed by atoms with van der Waals surface area (Å²) in [4.78, 5) is 32.2. The maximum Gasteiger partial charge on any atom is 0.253 e. The van der Waals surface area contributed by atoms with Gasteiger partial charge >= 0.3 is 0 Å². The number of imidazole rings is 1. The summed E-state index contributed by atoms with van der Waals surface area (Å²) >= 11 is 0. The van der Waals surface area contributed by atoms with E-state index in [9.17, 15) is 4.79 Å². The van der Waals surface area contributed by atoms with Gasteiger partial charge in [-0.05, 0) is 74.4 Å². The monoisotopic (exact) mass is 494 g/mol. The highest BCUT2D eigenvalue weighted by Gasteiger charge is 2.31. The van der Waals surface area contributed by atoms with Crippen molar-refractivity contribution in [2.75, 3.05) is 0 Å². The number of fused-ring (bicyclic) bond motifs is 1. The van der Waals surface area contributed by atoms with Crippen molar-refractivity contribution in [3.05, 3.63) is 112 Å². The Morgan fingerprint density at radius 1 is 1.05 bits per heavy atom. The Morgan fingerprint density at radius 3 is 2.62 bits per heavy atom. The Hall–Kier alpha value is -3.84. The van der Waals surface area contributed by atoms with Gasteiger partial charge in [0.25, 0.3) is 5.91 Å². The molecule has 1 amide bonds. The van der Waals surface area contributed by atoms with Gasteiger partial charge in [-0.1, -0.05) is 30.3 Å². The zero-order valence-electron chi connectivity index (χ0n) is 21.7. The summed E-state index contributed by atoms with van der Waals surface area (Å²) in [6.07, 6.45) is 10.7. The van der Waals surface area contributed by atoms with Crippen molar-refractivity contribution < 1.29 is 4.79 Å². The molecule has 0 spiro atoms. The van der Waals surface area contributed by atoms with Crippen LogP contribution in [0.25, 0.3) is 0 Å². The molecule has 4 aromatic rings. The van der Waals surface area contributed by atoms with Crippen molar-refractivity contribution in [2.45, 2.75) is 65.2 Å². The molecule has 0 bridgehead atoms. The second kappa shape index (κ2) is 11.0. The molecule has 2 unspecified atom stereocenters. The van der Waals surface area contributed by atoms with Crippen LogP contribution >= 0.6 is 0 Å². The molecular weight excluding hydrogens is 460 g/mol. The summed E-state index contributed by atoms with van der Waals surface area (Å²) < 4.78 is 0. The number of amides is 1. The quantitative estimate of drug-likeness (QED) is 0.343. The first-order chi connectivity index (χ1) is 18.0. The van der Waals surface area contributed by atoms with E-state index in [0.29, 0.717) is 12.1 Å². The Balaban J connectivity index is 1.32. The lowest BCUT2D eigenvalue weighted by Gasteiger charge is -2.38. The summed E-state index contributed by atoms with van der Waals surface area (Å²) in [6, 6.07) is 15.0. The molecule has 0 saturated heterocycles. The highest BCUT2D eigenvalue weighted by Crippen LogP contribution is 2.38. The van der Waals surface area contributed by atoms with Crippen molar-refractivity contribution in [1.29, 1.82) is 0 Å². The number of aryl methyl sites for hydroxylation is 3. The van der Waals surface area contributed by atoms with Crippen LogP contribution in [0.15, 0.2) is 67.3 Å². The lowest BCUT2D eigenvalue weighted by molar-refractivity contribution is 0.0949. The summed E-state index contributed by atoms with van der Waals surface area (Å²) in [5.74, 6) is 0.873. The third kappa shape index (κ3) is 5.47. The molecule has 0 fully saturated rings. The number of H-pyrrole nitrogens is 1. The van der Waals surface area contributed by atoms with Crippen molar-refractivity contribution in [3.63, 3.8) is 0 Å². The van der Waals surface area contributed by atoms with E-state index in [2.05, 4.69) is 62.4 Å². The average Bonchev–Trinajstić information content (AvgIpc) is 3.46. The van der Waals surface area contributed by atoms with E-state index in [4.69, 9.17) is 4.98 Å². The number of aromatic amines is 1. The SMILES string of the molecule is Cc1ccnc(C)c1C(=O)NCc1ccc(CN(C(C)c2ncc[nH]2)C2CCCc3cccnc32)cc1. The van der Waals surface area contributed by atoms with Crippen LogP contribution in [-0.2, 0) is 19.5 Å². The van der Waals surface area contributed by atoms with Gasteiger partial charge in [0, 0.05) is 37.9 Å². The van der Waals surface area contributed by atoms with Gasteiger partial charge in [-0.3, -0.25) is 19.7 Å². The minimum absolute atomic E-state index is 0.0888. The predicted molar refractivity (Wildman–Crippen MR) is 144 cm³/mol. The normalized spacial score (nSPS) is 15.8. The van der Waals surface area contributed by atoms with E-state index in [-0.39, 0.29) is 18.0 Å². The Morgan fingerprint density at radius 2 is 1.86 bits per heavy atom. The maximum absolute atomic E-state index is 12.8. The van der Waals surface area contributed by atoms with Gasteiger partial charge < -0.3 is 10.3 Å². The van der Waals surface area contributed by atoms with Crippen molar-refractivity contribution in [1.82, 2.24) is 30.2 Å². The van der Waals surface area contributed by atoms with E-state index in [1.54, 1.807) is 6.20 Å². The van der Waals surface area contributed by atoms with Crippen LogP contribution in [0.2, 0.25) is 0 Å². The Labute approximate surface area is 218 Å². The van der Waals surface area contributed by atoms with Gasteiger partial charge in [0.1, 0.15) is 5.82 Å². The maximum atomic E-state index is 12.8. The molecule has 0 aliphatic heterocycles. The van der Waals surface area contributed by atoms with Crippen LogP contribution in [0.3, 0.4) is 0 Å². The molecule has 3 heterocycles. The van der Waals surface area contributed by atoms with E-state index in [1.165, 1.54) is 16.8 Å². The van der Waals surface area contributed by atoms with Crippen LogP contribution in [-0.4, -0.2) is 30.7 Å². The lowest BCUT2D eigenvalue weighted by atomic mass is 9.89. The van der Waals surface area contributed by atoms with E-state index < -0.39 is 0 Å². The Kier molecular flexibility index (Phi) is 7.42. The third-order valence-electron chi connectivity index (χ3n) is 7.40. The van der Waals surface area contributed by atoms with E-state index in [1.807, 2.05) is 44.6 Å². The molecule has 1 aromatic carbocycles. The van der Waals surface area contributed by atoms with Gasteiger partial charge in [-0.2, -0.15) is 0 Å². The number of benzene rings is 1. The average molecular weight is 495 g/mol. The molecule has 5 rings (SSSR count). The fourth-order valence-corrected chi connectivity index (χ4v) is 5.37. The number of nitrogens with zero attached hydrogens (tertiary/aromatic N) is 4. The molecule has 7 nitrogen and oxygen atoms in total. The minimum atomic E-state index is -0.0888. The molecule has 1 aliphatic rings. The number of rotatable bonds is 8. The number of aromatic nitrogens is 4. The van der Waals surface area contributed by atoms with Crippen LogP contribution < -0.4 is 5.32 Å². The highest BCUT2D eigenvalue weighted by molar-refractivity contribution is 5.96. The van der Waals surface area contributed by atoms with Gasteiger partial charge in [-0.15, -0.1) is 0 Å². The summed E-state index contributed by atoms with van der Waals surface area (Å²) in [7, 11) is 0. The fourth-order valence-electron chi connectivity index (χ4n) is 5.37. The first-order valence-electron chi connectivity index (χ1n) is 13.0. The molecule has 1 aliphatic carbocycles. The molecule has 2 N–H and O–H groups in total. The van der Waals surface area contributed by atoms with Gasteiger partial charge in [-0.25, -0.2) is 4.98 Å². The number of hydrogen-bond acceptors (Lipinski definition) is 5. The largest absolute Gasteiger partial charge is 0.348 e. The number of carbonyl (C=O) groups is 1. The van der Waals surface area contributed by atoms with Crippen LogP contribution in [0.4, 0.5) is 0 Å². The Bertz CT molecular complexity index is 1330.